The number of amides is 1. The number of nitrogens with zero attached hydrogens (tertiary/aromatic N) is 3. The number of hydrogen-bond donors (Lipinski definition) is 0. The van der Waals surface area contributed by atoms with E-state index in [0.29, 0.717) is 25.2 Å². The lowest BCUT2D eigenvalue weighted by Crippen LogP contribution is -2.44. The summed E-state index contributed by atoms with van der Waals surface area (Å²) in [6, 6.07) is 7.54. The second-order valence-corrected chi connectivity index (χ2v) is 9.53. The number of allylic oxidation sites excluding steroid dienone is 4. The van der Waals surface area contributed by atoms with E-state index < -0.39 is 17.4 Å². The fourth-order valence-corrected chi connectivity index (χ4v) is 5.99. The number of benzene rings is 1. The van der Waals surface area contributed by atoms with Crippen LogP contribution in [0.15, 0.2) is 65.6 Å². The molecule has 33 heavy (non-hydrogen) atoms. The first kappa shape index (κ1) is 23.7. The van der Waals surface area contributed by atoms with Gasteiger partial charge >= 0.3 is 0 Å². The van der Waals surface area contributed by atoms with Crippen molar-refractivity contribution < 1.29 is 18.3 Å². The van der Waals surface area contributed by atoms with E-state index in [-0.39, 0.29) is 16.5 Å². The van der Waals surface area contributed by atoms with Gasteiger partial charge in [-0.1, -0.05) is 42.6 Å². The second-order valence-electron chi connectivity index (χ2n) is 8.27. The number of ether oxygens (including phenoxy) is 1. The molecule has 1 amide bonds. The minimum absolute atomic E-state index is 0.0399. The minimum atomic E-state index is -0.848. The topological polar surface area (TPSA) is 45.1 Å². The van der Waals surface area contributed by atoms with Crippen molar-refractivity contribution >= 4 is 22.7 Å². The van der Waals surface area contributed by atoms with E-state index in [1.807, 2.05) is 24.3 Å². The molecule has 0 radical (unpaired) electrons. The molecule has 4 rings (SSSR count). The summed E-state index contributed by atoms with van der Waals surface area (Å²) >= 11 is 1.29. The smallest absolute Gasteiger partial charge is 0.244 e. The van der Waals surface area contributed by atoms with E-state index >= 15 is 0 Å². The molecule has 0 aromatic heterocycles. The van der Waals surface area contributed by atoms with Crippen molar-refractivity contribution in [1.29, 1.82) is 0 Å². The van der Waals surface area contributed by atoms with E-state index in [9.17, 15) is 13.6 Å². The van der Waals surface area contributed by atoms with Crippen molar-refractivity contribution in [3.05, 3.63) is 66.0 Å². The molecule has 5 nitrogen and oxygen atoms in total. The number of hydrazone groups is 1. The Morgan fingerprint density at radius 3 is 2.85 bits per heavy atom. The number of para-hydroxylation sites is 1. The molecule has 3 aliphatic rings. The molecule has 1 saturated heterocycles. The molecule has 1 fully saturated rings. The molecule has 1 aromatic carbocycles. The quantitative estimate of drug-likeness (QED) is 0.479. The number of carbonyl (C=O) groups is 1. The minimum Gasteiger partial charge on any atom is -0.493 e. The highest BCUT2D eigenvalue weighted by molar-refractivity contribution is 8.15. The van der Waals surface area contributed by atoms with Crippen molar-refractivity contribution in [2.75, 3.05) is 32.9 Å². The van der Waals surface area contributed by atoms with Gasteiger partial charge in [0.25, 0.3) is 0 Å². The van der Waals surface area contributed by atoms with Gasteiger partial charge in [-0.15, -0.1) is 0 Å². The third-order valence-electron chi connectivity index (χ3n) is 6.14. The van der Waals surface area contributed by atoms with Crippen molar-refractivity contribution in [2.45, 2.75) is 37.0 Å². The highest BCUT2D eigenvalue weighted by atomic mass is 32.2. The van der Waals surface area contributed by atoms with Crippen LogP contribution in [0.2, 0.25) is 0 Å². The molecule has 176 valence electrons. The first-order valence-electron chi connectivity index (χ1n) is 11.4. The van der Waals surface area contributed by atoms with Gasteiger partial charge in [0.05, 0.1) is 6.61 Å². The van der Waals surface area contributed by atoms with Crippen LogP contribution in [-0.4, -0.2) is 53.8 Å². The average Bonchev–Trinajstić information content (AvgIpc) is 3.47. The molecule has 0 bridgehead atoms. The summed E-state index contributed by atoms with van der Waals surface area (Å²) in [6.45, 7) is 6.12. The Bertz CT molecular complexity index is 988. The number of alkyl halides is 1. The van der Waals surface area contributed by atoms with Crippen LogP contribution in [0.25, 0.3) is 0 Å². The normalized spacial score (nSPS) is 23.5. The van der Waals surface area contributed by atoms with E-state index in [1.54, 1.807) is 0 Å². The van der Waals surface area contributed by atoms with Crippen LogP contribution in [0.1, 0.15) is 37.7 Å². The summed E-state index contributed by atoms with van der Waals surface area (Å²) in [5, 5.41) is 6.36. The molecule has 0 N–H and O–H groups in total. The molecule has 3 heterocycles. The van der Waals surface area contributed by atoms with Crippen molar-refractivity contribution in [3.8, 4) is 5.75 Å². The van der Waals surface area contributed by atoms with Crippen LogP contribution >= 0.6 is 11.8 Å². The summed E-state index contributed by atoms with van der Waals surface area (Å²) in [5.41, 5.74) is 0.860. The Morgan fingerprint density at radius 2 is 2.09 bits per heavy atom. The second kappa shape index (κ2) is 10.7. The van der Waals surface area contributed by atoms with E-state index in [2.05, 4.69) is 16.6 Å². The number of likely N-dealkylation sites (tertiary alicyclic amines) is 1. The molecule has 0 saturated carbocycles. The van der Waals surface area contributed by atoms with Crippen molar-refractivity contribution in [2.24, 2.45) is 5.10 Å². The highest BCUT2D eigenvalue weighted by Crippen LogP contribution is 2.54. The van der Waals surface area contributed by atoms with E-state index in [1.165, 1.54) is 41.8 Å². The van der Waals surface area contributed by atoms with Crippen molar-refractivity contribution in [1.82, 2.24) is 9.91 Å². The average molecular weight is 474 g/mol. The van der Waals surface area contributed by atoms with Gasteiger partial charge in [0.1, 0.15) is 28.2 Å². The fraction of sp³-hybridized carbons (Fsp3) is 0.440. The number of hydrogen-bond acceptors (Lipinski definition) is 5. The standard InChI is InChI=1S/C25H29F2N3O2S/c1-2-8-21(27)19(12-14-26)24-28-30(23(31)11-7-17-29-15-5-6-16-29)25(33-24)13-18-32-22-10-4-3-9-20(22)25/h2-4,8-10,12H,1,5-7,11,13-18H2/b19-12+,21-8+. The zero-order valence-electron chi connectivity index (χ0n) is 18.6. The van der Waals surface area contributed by atoms with Crippen LogP contribution in [-0.2, 0) is 9.67 Å². The predicted molar refractivity (Wildman–Crippen MR) is 128 cm³/mol. The zero-order chi connectivity index (χ0) is 23.3. The number of rotatable bonds is 8. The molecular formula is C25H29F2N3O2S. The zero-order valence-corrected chi connectivity index (χ0v) is 19.5. The van der Waals surface area contributed by atoms with Gasteiger partial charge in [-0.25, -0.2) is 13.8 Å². The third kappa shape index (κ3) is 4.92. The van der Waals surface area contributed by atoms with Crippen LogP contribution < -0.4 is 4.74 Å². The van der Waals surface area contributed by atoms with Gasteiger partial charge in [-0.05, 0) is 57.1 Å². The molecule has 1 aromatic rings. The Kier molecular flexibility index (Phi) is 7.65. The van der Waals surface area contributed by atoms with Gasteiger partial charge in [0.2, 0.25) is 5.91 Å². The van der Waals surface area contributed by atoms with Gasteiger partial charge < -0.3 is 9.64 Å². The summed E-state index contributed by atoms with van der Waals surface area (Å²) < 4.78 is 33.9. The number of thioether (sulfide) groups is 1. The molecule has 0 aliphatic carbocycles. The lowest BCUT2D eigenvalue weighted by Gasteiger charge is -2.39. The SMILES string of the molecule is C=C/C=C(F)\C(=C/CF)C1=NN(C(=O)CCCN2CCCC2)C2(CCOc3ccccc32)S1. The molecule has 8 heteroatoms. The Labute approximate surface area is 197 Å². The Balaban J connectivity index is 1.66. The van der Waals surface area contributed by atoms with E-state index in [4.69, 9.17) is 4.74 Å². The first-order chi connectivity index (χ1) is 16.1. The maximum Gasteiger partial charge on any atom is 0.244 e. The van der Waals surface area contributed by atoms with Crippen LogP contribution in [0.3, 0.4) is 0 Å². The number of fused-ring (bicyclic) bond motifs is 2. The fourth-order valence-electron chi connectivity index (χ4n) is 4.56. The maximum atomic E-state index is 14.8. The summed E-state index contributed by atoms with van der Waals surface area (Å²) in [7, 11) is 0. The third-order valence-corrected chi connectivity index (χ3v) is 7.57. The monoisotopic (exact) mass is 473 g/mol. The lowest BCUT2D eigenvalue weighted by atomic mass is 9.98. The molecule has 3 aliphatic heterocycles. The van der Waals surface area contributed by atoms with Gasteiger partial charge in [-0.3, -0.25) is 4.79 Å². The van der Waals surface area contributed by atoms with Crippen LogP contribution in [0, 0.1) is 0 Å². The van der Waals surface area contributed by atoms with Gasteiger partial charge in [0, 0.05) is 24.0 Å². The molecular weight excluding hydrogens is 444 g/mol. The molecule has 1 spiro atoms. The van der Waals surface area contributed by atoms with Crippen LogP contribution in [0.5, 0.6) is 5.75 Å². The summed E-state index contributed by atoms with van der Waals surface area (Å²) in [6.07, 6.45) is 7.62. The maximum absolute atomic E-state index is 14.8. The number of halogens is 2. The first-order valence-corrected chi connectivity index (χ1v) is 12.2. The summed E-state index contributed by atoms with van der Waals surface area (Å²) in [4.78, 5) is 15.0. The largest absolute Gasteiger partial charge is 0.493 e. The van der Waals surface area contributed by atoms with Crippen molar-refractivity contribution in [3.63, 3.8) is 0 Å². The lowest BCUT2D eigenvalue weighted by molar-refractivity contribution is -0.135. The van der Waals surface area contributed by atoms with Gasteiger partial charge in [0.15, 0.2) is 0 Å². The number of carbonyl (C=O) groups excluding carboxylic acids is 1. The van der Waals surface area contributed by atoms with Crippen LogP contribution in [0.4, 0.5) is 8.78 Å². The van der Waals surface area contributed by atoms with Gasteiger partial charge in [-0.2, -0.15) is 5.10 Å². The Hall–Kier alpha value is -2.45. The predicted octanol–water partition coefficient (Wildman–Crippen LogP) is 5.32. The molecule has 1 unspecified atom stereocenters. The molecule has 1 atom stereocenters. The Morgan fingerprint density at radius 1 is 1.30 bits per heavy atom. The van der Waals surface area contributed by atoms with E-state index in [0.717, 1.165) is 37.7 Å². The highest BCUT2D eigenvalue weighted by Gasteiger charge is 2.51. The summed E-state index contributed by atoms with van der Waals surface area (Å²) in [5.74, 6) is -0.0745.